The van der Waals surface area contributed by atoms with Gasteiger partial charge in [0, 0.05) is 43.0 Å². The van der Waals surface area contributed by atoms with Crippen LogP contribution in [0, 0.1) is 5.82 Å². The molecular formula is C26H28FN7O4S. The molecule has 0 radical (unpaired) electrons. The van der Waals surface area contributed by atoms with Gasteiger partial charge in [-0.1, -0.05) is 18.2 Å². The highest BCUT2D eigenvalue weighted by Crippen LogP contribution is 2.38. The molecule has 1 aliphatic heterocycles. The molecule has 0 amide bonds. The van der Waals surface area contributed by atoms with E-state index in [0.717, 1.165) is 0 Å². The summed E-state index contributed by atoms with van der Waals surface area (Å²) >= 11 is 0. The molecule has 39 heavy (non-hydrogen) atoms. The van der Waals surface area contributed by atoms with Crippen LogP contribution >= 0.6 is 0 Å². The van der Waals surface area contributed by atoms with Crippen molar-refractivity contribution in [1.82, 2.24) is 24.7 Å². The number of nitrogens with zero attached hydrogens (tertiary/aromatic N) is 5. The summed E-state index contributed by atoms with van der Waals surface area (Å²) in [5.74, 6) is 1.33. The monoisotopic (exact) mass is 553 g/mol. The highest BCUT2D eigenvalue weighted by Gasteiger charge is 2.22. The Morgan fingerprint density at radius 1 is 1.13 bits per heavy atom. The Morgan fingerprint density at radius 3 is 2.62 bits per heavy atom. The number of hydrogen-bond acceptors (Lipinski definition) is 10. The summed E-state index contributed by atoms with van der Waals surface area (Å²) in [7, 11) is -1.13. The van der Waals surface area contributed by atoms with Crippen LogP contribution in [0.5, 0.6) is 5.75 Å². The standard InChI is InChI=1S/C26H28FN7O4S/c1-37-21-13-17(19-6-2-4-16(22(19)27)5-3-7-31-39(35)36)12-20-23(21)32-24(18-14-29-26(28)30-15-18)33-25(20)34-8-10-38-11-9-34/h2,4,6,12-15,39H,3,5,7-11H2,1H3,(H2,28,29,30)(H,31,35,36). The summed E-state index contributed by atoms with van der Waals surface area (Å²) in [6.07, 6.45) is 3.99. The first-order valence-electron chi connectivity index (χ1n) is 12.4. The predicted octanol–water partition coefficient (Wildman–Crippen LogP) is 2.37. The van der Waals surface area contributed by atoms with Gasteiger partial charge in [0.05, 0.1) is 25.9 Å². The molecule has 0 atom stereocenters. The van der Waals surface area contributed by atoms with E-state index in [2.05, 4.69) is 19.6 Å². The van der Waals surface area contributed by atoms with Crippen LogP contribution in [-0.4, -0.2) is 68.3 Å². The number of rotatable bonds is 9. The molecule has 0 saturated carbocycles. The molecule has 0 spiro atoms. The van der Waals surface area contributed by atoms with Crippen molar-refractivity contribution in [2.24, 2.45) is 0 Å². The van der Waals surface area contributed by atoms with Crippen molar-refractivity contribution in [2.45, 2.75) is 12.8 Å². The van der Waals surface area contributed by atoms with Crippen molar-refractivity contribution in [3.05, 3.63) is 54.1 Å². The lowest BCUT2D eigenvalue weighted by atomic mass is 9.98. The van der Waals surface area contributed by atoms with Crippen molar-refractivity contribution in [3.63, 3.8) is 0 Å². The third-order valence-corrected chi connectivity index (χ3v) is 6.94. The molecule has 4 aromatic rings. The van der Waals surface area contributed by atoms with Gasteiger partial charge in [0.2, 0.25) is 16.8 Å². The van der Waals surface area contributed by atoms with Gasteiger partial charge >= 0.3 is 0 Å². The molecule has 13 heteroatoms. The molecule has 3 heterocycles. The minimum atomic E-state index is -2.68. The number of nitrogens with one attached hydrogen (secondary N) is 1. The van der Waals surface area contributed by atoms with E-state index in [0.29, 0.717) is 89.7 Å². The number of benzene rings is 2. The first-order chi connectivity index (χ1) is 18.9. The lowest BCUT2D eigenvalue weighted by molar-refractivity contribution is 0.122. The minimum absolute atomic E-state index is 0.150. The molecule has 1 saturated heterocycles. The third kappa shape index (κ3) is 5.90. The van der Waals surface area contributed by atoms with Gasteiger partial charge in [-0.3, -0.25) is 0 Å². The summed E-state index contributed by atoms with van der Waals surface area (Å²) in [6, 6.07) is 8.83. The number of ether oxygens (including phenoxy) is 2. The number of aryl methyl sites for hydroxylation is 1. The molecule has 2 aromatic heterocycles. The van der Waals surface area contributed by atoms with Gasteiger partial charge < -0.3 is 20.1 Å². The topological polar surface area (TPSA) is 145 Å². The average molecular weight is 554 g/mol. The lowest BCUT2D eigenvalue weighted by Gasteiger charge is -2.29. The van der Waals surface area contributed by atoms with Crippen LogP contribution in [0.25, 0.3) is 33.4 Å². The van der Waals surface area contributed by atoms with Crippen LogP contribution in [0.1, 0.15) is 12.0 Å². The normalized spacial score (nSPS) is 13.8. The van der Waals surface area contributed by atoms with Gasteiger partial charge in [0.25, 0.3) is 0 Å². The molecule has 0 unspecified atom stereocenters. The molecule has 1 aliphatic rings. The quantitative estimate of drug-likeness (QED) is 0.209. The fourth-order valence-electron chi connectivity index (χ4n) is 4.54. The zero-order valence-electron chi connectivity index (χ0n) is 21.3. The van der Waals surface area contributed by atoms with Crippen LogP contribution < -0.4 is 20.1 Å². The van der Waals surface area contributed by atoms with Crippen molar-refractivity contribution in [1.29, 1.82) is 0 Å². The zero-order valence-corrected chi connectivity index (χ0v) is 22.2. The van der Waals surface area contributed by atoms with Gasteiger partial charge in [0.1, 0.15) is 22.9 Å². The number of thiol groups is 1. The Labute approximate surface area is 226 Å². The number of nitrogens with two attached hydrogens (primary N) is 1. The molecule has 0 aliphatic carbocycles. The van der Waals surface area contributed by atoms with E-state index in [4.69, 9.17) is 25.2 Å². The molecule has 0 bridgehead atoms. The molecule has 204 valence electrons. The summed E-state index contributed by atoms with van der Waals surface area (Å²) in [6.45, 7) is 2.60. The molecule has 3 N–H and O–H groups in total. The second kappa shape index (κ2) is 11.8. The van der Waals surface area contributed by atoms with E-state index >= 15 is 4.39 Å². The molecule has 1 fully saturated rings. The lowest BCUT2D eigenvalue weighted by Crippen LogP contribution is -2.37. The summed E-state index contributed by atoms with van der Waals surface area (Å²) in [4.78, 5) is 19.9. The Bertz CT molecular complexity index is 1550. The fourth-order valence-corrected chi connectivity index (χ4v) is 4.88. The van der Waals surface area contributed by atoms with E-state index in [1.165, 1.54) is 0 Å². The maximum absolute atomic E-state index is 15.7. The Morgan fingerprint density at radius 2 is 1.90 bits per heavy atom. The fraction of sp³-hybridized carbons (Fsp3) is 0.308. The molecule has 5 rings (SSSR count). The van der Waals surface area contributed by atoms with Gasteiger partial charge in [-0.05, 0) is 36.1 Å². The summed E-state index contributed by atoms with van der Waals surface area (Å²) in [5.41, 5.74) is 8.34. The Hall–Kier alpha value is -3.94. The van der Waals surface area contributed by atoms with Crippen molar-refractivity contribution < 1.29 is 22.3 Å². The smallest absolute Gasteiger partial charge is 0.219 e. The summed E-state index contributed by atoms with van der Waals surface area (Å²) < 4.78 is 50.8. The maximum Gasteiger partial charge on any atom is 0.219 e. The minimum Gasteiger partial charge on any atom is -0.494 e. The SMILES string of the molecule is COc1cc(-c2cccc(CCCN[SH](=O)=O)c2F)cc2c(N3CCOCC3)nc(-c3cnc(N)nc3)nc12. The van der Waals surface area contributed by atoms with Crippen LogP contribution in [0.4, 0.5) is 16.2 Å². The zero-order chi connectivity index (χ0) is 27.4. The largest absolute Gasteiger partial charge is 0.494 e. The third-order valence-electron chi connectivity index (χ3n) is 6.46. The van der Waals surface area contributed by atoms with Gasteiger partial charge in [-0.25, -0.2) is 37.5 Å². The number of fused-ring (bicyclic) bond motifs is 1. The highest BCUT2D eigenvalue weighted by molar-refractivity contribution is 7.70. The molecular weight excluding hydrogens is 525 g/mol. The predicted molar refractivity (Wildman–Crippen MR) is 147 cm³/mol. The van der Waals surface area contributed by atoms with Gasteiger partial charge in [0.15, 0.2) is 5.82 Å². The van der Waals surface area contributed by atoms with E-state index in [-0.39, 0.29) is 18.3 Å². The van der Waals surface area contributed by atoms with Crippen LogP contribution in [0.15, 0.2) is 42.7 Å². The Kier molecular flexibility index (Phi) is 8.10. The van der Waals surface area contributed by atoms with Crippen molar-refractivity contribution in [2.75, 3.05) is 50.6 Å². The average Bonchev–Trinajstić information content (AvgIpc) is 2.95. The number of hydrogen-bond donors (Lipinski definition) is 3. The number of nitrogen functional groups attached to an aromatic ring is 1. The maximum atomic E-state index is 15.7. The van der Waals surface area contributed by atoms with E-state index in [1.807, 2.05) is 6.07 Å². The number of methoxy groups -OCH3 is 1. The number of aromatic nitrogens is 4. The second-order valence-electron chi connectivity index (χ2n) is 8.92. The number of morpholine rings is 1. The van der Waals surface area contributed by atoms with Crippen LogP contribution in [0.3, 0.4) is 0 Å². The number of anilines is 2. The summed E-state index contributed by atoms with van der Waals surface area (Å²) in [5, 5.41) is 0.708. The van der Waals surface area contributed by atoms with Gasteiger partial charge in [-0.2, -0.15) is 0 Å². The van der Waals surface area contributed by atoms with Crippen molar-refractivity contribution in [3.8, 4) is 28.3 Å². The van der Waals surface area contributed by atoms with E-state index in [1.54, 1.807) is 43.8 Å². The van der Waals surface area contributed by atoms with E-state index in [9.17, 15) is 8.42 Å². The molecule has 11 nitrogen and oxygen atoms in total. The second-order valence-corrected chi connectivity index (χ2v) is 9.75. The molecule has 2 aromatic carbocycles. The van der Waals surface area contributed by atoms with Crippen LogP contribution in [0.2, 0.25) is 0 Å². The van der Waals surface area contributed by atoms with Crippen molar-refractivity contribution >= 4 is 33.6 Å². The first kappa shape index (κ1) is 26.7. The van der Waals surface area contributed by atoms with Crippen LogP contribution in [-0.2, 0) is 22.0 Å². The Balaban J connectivity index is 1.62. The van der Waals surface area contributed by atoms with E-state index < -0.39 is 10.9 Å². The number of halogens is 1. The first-order valence-corrected chi connectivity index (χ1v) is 13.6. The van der Waals surface area contributed by atoms with Gasteiger partial charge in [-0.15, -0.1) is 0 Å². The highest BCUT2D eigenvalue weighted by atomic mass is 32.2.